The molecule has 0 spiro atoms. The summed E-state index contributed by atoms with van der Waals surface area (Å²) in [7, 11) is 0. The van der Waals surface area contributed by atoms with E-state index in [1.807, 2.05) is 0 Å². The van der Waals surface area contributed by atoms with Crippen molar-refractivity contribution in [3.63, 3.8) is 0 Å². The second-order valence-corrected chi connectivity index (χ2v) is 20.5. The maximum absolute atomic E-state index is 14.1. The number of allylic oxidation sites excluding steroid dienone is 1. The smallest absolute Gasteiger partial charge is 0.302 e. The third-order valence-electron chi connectivity index (χ3n) is 15.9. The lowest BCUT2D eigenvalue weighted by Crippen LogP contribution is -2.66. The quantitative estimate of drug-likeness (QED) is 0.162. The number of nitrogens with one attached hydrogen (secondary N) is 1. The third kappa shape index (κ3) is 5.12. The predicted octanol–water partition coefficient (Wildman–Crippen LogP) is 8.40. The molecule has 5 saturated carbocycles. The van der Waals surface area contributed by atoms with Crippen LogP contribution in [0.2, 0.25) is 5.02 Å². The highest BCUT2D eigenvalue weighted by Crippen LogP contribution is 2.77. The Kier molecular flexibility index (Phi) is 8.85. The van der Waals surface area contributed by atoms with Crippen LogP contribution in [0.1, 0.15) is 125 Å². The van der Waals surface area contributed by atoms with Crippen LogP contribution < -0.4 is 5.32 Å². The number of alkyl halides is 1. The van der Waals surface area contributed by atoms with E-state index in [-0.39, 0.29) is 56.9 Å². The molecule has 11 atom stereocenters. The van der Waals surface area contributed by atoms with Gasteiger partial charge in [-0.2, -0.15) is 0 Å². The van der Waals surface area contributed by atoms with Crippen LogP contribution in [-0.4, -0.2) is 49.5 Å². The Hall–Kier alpha value is -1.10. The summed E-state index contributed by atoms with van der Waals surface area (Å²) in [5, 5.41) is 16.6. The maximum Gasteiger partial charge on any atom is 0.302 e. The Morgan fingerprint density at radius 1 is 1.02 bits per heavy atom. The number of ether oxygens (including phenoxy) is 1. The average Bonchev–Trinajstić information content (AvgIpc) is 3.57. The number of hydrogen-bond donors (Lipinski definition) is 2. The number of Topliss-reactive ketones (excluding diaryl/α,β-unsaturated/α-hetero) is 1. The zero-order chi connectivity index (χ0) is 35.5. The van der Waals surface area contributed by atoms with Gasteiger partial charge < -0.3 is 15.2 Å². The molecule has 0 radical (unpaired) electrons. The fourth-order valence-corrected chi connectivity index (χ4v) is 14.5. The molecule has 6 aliphatic rings. The number of hydrogen-bond acceptors (Lipinski definition) is 7. The van der Waals surface area contributed by atoms with Crippen molar-refractivity contribution in [3.05, 3.63) is 34.4 Å². The number of halogens is 2. The van der Waals surface area contributed by atoms with Gasteiger partial charge in [0.25, 0.3) is 0 Å². The van der Waals surface area contributed by atoms with Crippen molar-refractivity contribution in [2.75, 3.05) is 6.54 Å². The molecular weight excluding hydrogens is 749 g/mol. The molecule has 2 N–H and O–H groups in total. The van der Waals surface area contributed by atoms with Crippen LogP contribution in [0.5, 0.6) is 0 Å². The van der Waals surface area contributed by atoms with E-state index in [9.17, 15) is 14.7 Å². The number of aliphatic hydroxyl groups excluding tert-OH is 1. The minimum absolute atomic E-state index is 0.0275. The van der Waals surface area contributed by atoms with Crippen LogP contribution in [0.4, 0.5) is 0 Å². The molecular formula is C40H57ClIN3O4. The third-order valence-corrected chi connectivity index (χ3v) is 17.6. The van der Waals surface area contributed by atoms with E-state index in [2.05, 4.69) is 86.3 Å². The van der Waals surface area contributed by atoms with Gasteiger partial charge >= 0.3 is 5.97 Å². The van der Waals surface area contributed by atoms with Gasteiger partial charge in [-0.3, -0.25) is 9.59 Å². The molecule has 0 amide bonds. The minimum Gasteiger partial charge on any atom is -0.462 e. The molecule has 11 unspecified atom stereocenters. The number of aromatic nitrogens is 2. The Bertz CT molecular complexity index is 1560. The summed E-state index contributed by atoms with van der Waals surface area (Å²) >= 11 is 8.57. The molecule has 6 aliphatic carbocycles. The first-order chi connectivity index (χ1) is 22.9. The molecule has 1 heterocycles. The molecule has 5 fully saturated rings. The molecule has 1 aromatic rings. The van der Waals surface area contributed by atoms with E-state index < -0.39 is 11.5 Å². The van der Waals surface area contributed by atoms with E-state index in [4.69, 9.17) is 16.3 Å². The predicted molar refractivity (Wildman–Crippen MR) is 200 cm³/mol. The van der Waals surface area contributed by atoms with E-state index in [0.717, 1.165) is 69.2 Å². The van der Waals surface area contributed by atoms with Gasteiger partial charge in [0.1, 0.15) is 11.9 Å². The van der Waals surface area contributed by atoms with Crippen molar-refractivity contribution in [2.24, 2.45) is 50.7 Å². The molecule has 270 valence electrons. The summed E-state index contributed by atoms with van der Waals surface area (Å²) in [6.45, 7) is 18.7. The van der Waals surface area contributed by atoms with Crippen LogP contribution >= 0.6 is 34.2 Å². The summed E-state index contributed by atoms with van der Waals surface area (Å²) in [4.78, 5) is 35.3. The van der Waals surface area contributed by atoms with Crippen molar-refractivity contribution in [1.82, 2.24) is 15.3 Å². The number of rotatable bonds is 7. The summed E-state index contributed by atoms with van der Waals surface area (Å²) in [5.74, 6) is 2.25. The normalized spacial score (nSPS) is 44.5. The standard InChI is InChI=1S/C40H57ClIN3O4/c1-22(2)32-26(47)17-39(30(48)21-45-40(18-29(40)42)34-43-19-24(41)20-44-34)16-15-37(7)25(33(32)39)9-10-28-36(6)13-12-31(49-23(3)46)35(4,5)27(36)11-14-38(28,37)8/h19-20,22,25,27-31,45,48H,9-18,21H2,1-8H3. The van der Waals surface area contributed by atoms with E-state index in [0.29, 0.717) is 33.7 Å². The summed E-state index contributed by atoms with van der Waals surface area (Å²) in [6.07, 6.45) is 12.2. The zero-order valence-electron chi connectivity index (χ0n) is 30.8. The lowest BCUT2D eigenvalue weighted by molar-refractivity contribution is -0.234. The Balaban J connectivity index is 1.21. The summed E-state index contributed by atoms with van der Waals surface area (Å²) < 4.78 is 6.27. The van der Waals surface area contributed by atoms with Crippen LogP contribution in [0.3, 0.4) is 0 Å². The van der Waals surface area contributed by atoms with Crippen molar-refractivity contribution in [1.29, 1.82) is 0 Å². The first-order valence-corrected chi connectivity index (χ1v) is 20.5. The van der Waals surface area contributed by atoms with Gasteiger partial charge in [-0.05, 0) is 103 Å². The van der Waals surface area contributed by atoms with Gasteiger partial charge in [-0.25, -0.2) is 9.97 Å². The molecule has 0 saturated heterocycles. The largest absolute Gasteiger partial charge is 0.462 e. The highest BCUT2D eigenvalue weighted by Gasteiger charge is 2.71. The first-order valence-electron chi connectivity index (χ1n) is 18.9. The van der Waals surface area contributed by atoms with Crippen LogP contribution in [0.25, 0.3) is 0 Å². The van der Waals surface area contributed by atoms with Crippen LogP contribution in [0, 0.1) is 50.7 Å². The number of ketones is 1. The second-order valence-electron chi connectivity index (χ2n) is 18.6. The monoisotopic (exact) mass is 805 g/mol. The van der Waals surface area contributed by atoms with Gasteiger partial charge in [0.05, 0.1) is 16.7 Å². The number of esters is 1. The minimum atomic E-state index is -0.684. The lowest BCUT2D eigenvalue weighted by atomic mass is 9.33. The van der Waals surface area contributed by atoms with Gasteiger partial charge in [0.2, 0.25) is 0 Å². The van der Waals surface area contributed by atoms with Crippen molar-refractivity contribution in [2.45, 2.75) is 141 Å². The summed E-state index contributed by atoms with van der Waals surface area (Å²) in [5.41, 5.74) is 1.61. The Labute approximate surface area is 312 Å². The van der Waals surface area contributed by atoms with Gasteiger partial charge in [0.15, 0.2) is 5.78 Å². The SMILES string of the molecule is CC(=O)OC1CCC2(C)C(CCC3(C)C2CCC2C4=C(C(C)C)C(=O)CC4(C(O)CNC4(c5ncc(Cl)cn5)CC4I)CCC23C)C1(C)C. The number of carbonyl (C=O) groups is 2. The maximum atomic E-state index is 14.1. The highest BCUT2D eigenvalue weighted by atomic mass is 127. The van der Waals surface area contributed by atoms with Crippen LogP contribution in [-0.2, 0) is 19.9 Å². The molecule has 49 heavy (non-hydrogen) atoms. The van der Waals surface area contributed by atoms with Crippen molar-refractivity contribution in [3.8, 4) is 0 Å². The fourth-order valence-electron chi connectivity index (χ4n) is 13.2. The molecule has 0 aliphatic heterocycles. The van der Waals surface area contributed by atoms with Gasteiger partial charge in [0, 0.05) is 47.0 Å². The molecule has 9 heteroatoms. The zero-order valence-corrected chi connectivity index (χ0v) is 33.7. The molecule has 0 aromatic carbocycles. The Morgan fingerprint density at radius 3 is 2.31 bits per heavy atom. The Morgan fingerprint density at radius 2 is 1.69 bits per heavy atom. The average molecular weight is 806 g/mol. The molecule has 0 bridgehead atoms. The van der Waals surface area contributed by atoms with Gasteiger partial charge in [-0.1, -0.05) is 88.2 Å². The van der Waals surface area contributed by atoms with Crippen molar-refractivity contribution >= 4 is 45.9 Å². The van der Waals surface area contributed by atoms with Gasteiger partial charge in [-0.15, -0.1) is 0 Å². The van der Waals surface area contributed by atoms with Crippen molar-refractivity contribution < 1.29 is 19.4 Å². The molecule has 7 rings (SSSR count). The first kappa shape index (κ1) is 36.3. The second kappa shape index (κ2) is 12.0. The van der Waals surface area contributed by atoms with E-state index >= 15 is 0 Å². The summed E-state index contributed by atoms with van der Waals surface area (Å²) in [6, 6.07) is 0. The van der Waals surface area contributed by atoms with E-state index in [1.165, 1.54) is 5.57 Å². The number of carbonyl (C=O) groups excluding carboxylic acids is 2. The fraction of sp³-hybridized carbons (Fsp3) is 0.800. The lowest BCUT2D eigenvalue weighted by Gasteiger charge is -2.72. The number of fused-ring (bicyclic) bond motifs is 7. The topological polar surface area (TPSA) is 101 Å². The highest BCUT2D eigenvalue weighted by molar-refractivity contribution is 14.1. The number of nitrogens with zero attached hydrogens (tertiary/aromatic N) is 2. The van der Waals surface area contributed by atoms with E-state index in [1.54, 1.807) is 19.3 Å². The van der Waals surface area contributed by atoms with Crippen LogP contribution in [0.15, 0.2) is 23.5 Å². The number of aliphatic hydroxyl groups is 1. The molecule has 1 aromatic heterocycles. The molecule has 7 nitrogen and oxygen atoms in total.